The maximum atomic E-state index is 10.8. The monoisotopic (exact) mass is 342 g/mol. The van der Waals surface area contributed by atoms with Crippen LogP contribution in [0.5, 0.6) is 5.75 Å². The smallest absolute Gasteiger partial charge is 0.182 e. The van der Waals surface area contributed by atoms with Gasteiger partial charge in [-0.05, 0) is 29.8 Å². The summed E-state index contributed by atoms with van der Waals surface area (Å²) in [6.07, 6.45) is 0. The van der Waals surface area contributed by atoms with Gasteiger partial charge in [0.2, 0.25) is 0 Å². The third-order valence-corrected chi connectivity index (χ3v) is 3.74. The molecule has 5 heteroatoms. The van der Waals surface area contributed by atoms with Crippen molar-refractivity contribution in [1.82, 2.24) is 0 Å². The lowest BCUT2D eigenvalue weighted by atomic mass is 10.0. The summed E-state index contributed by atoms with van der Waals surface area (Å²) >= 11 is -1.14. The Labute approximate surface area is 109 Å². The summed E-state index contributed by atoms with van der Waals surface area (Å²) in [5.74, 6) is -0.0201. The second-order valence-corrected chi connectivity index (χ2v) is 5.23. The Bertz CT molecular complexity index is 567. The zero-order valence-corrected chi connectivity index (χ0v) is 11.0. The summed E-state index contributed by atoms with van der Waals surface area (Å²) in [7, 11) is 0. The maximum absolute atomic E-state index is 10.8. The van der Waals surface area contributed by atoms with Crippen LogP contribution in [0, 0.1) is 3.57 Å². The van der Waals surface area contributed by atoms with Crippen LogP contribution in [0.15, 0.2) is 36.4 Å². The fourth-order valence-electron chi connectivity index (χ4n) is 1.56. The van der Waals surface area contributed by atoms with Crippen molar-refractivity contribution in [3.8, 4) is 16.9 Å². The van der Waals surface area contributed by atoms with Gasteiger partial charge in [-0.2, -0.15) is 0 Å². The third-order valence-electron chi connectivity index (χ3n) is 2.51. The molecule has 0 aliphatic heterocycles. The Morgan fingerprint density at radius 1 is 0.941 bits per heavy atom. The molecule has 0 unspecified atom stereocenters. The largest absolute Gasteiger partial charge is 0.506 e. The van der Waals surface area contributed by atoms with Crippen LogP contribution in [-0.4, -0.2) is 5.11 Å². The summed E-state index contributed by atoms with van der Waals surface area (Å²) < 4.78 is 11.6. The number of anilines is 2. The van der Waals surface area contributed by atoms with Crippen molar-refractivity contribution in [2.45, 2.75) is 0 Å². The average Bonchev–Trinajstić information content (AvgIpc) is 2.36. The SMILES string of the molecule is Nc1c(O)ccc(-c2ccc(I=O)cc2)c1N. The highest BCUT2D eigenvalue weighted by Crippen LogP contribution is 2.35. The van der Waals surface area contributed by atoms with Gasteiger partial charge in [0.25, 0.3) is 0 Å². The van der Waals surface area contributed by atoms with E-state index in [1.807, 2.05) is 12.1 Å². The number of halogens is 1. The second-order valence-electron chi connectivity index (χ2n) is 3.54. The molecule has 2 aromatic carbocycles. The van der Waals surface area contributed by atoms with Crippen molar-refractivity contribution in [1.29, 1.82) is 0 Å². The van der Waals surface area contributed by atoms with E-state index in [0.717, 1.165) is 14.7 Å². The van der Waals surface area contributed by atoms with Crippen LogP contribution in [0.4, 0.5) is 11.4 Å². The number of nitrogens with two attached hydrogens (primary N) is 2. The number of aromatic hydroxyl groups is 1. The summed E-state index contributed by atoms with van der Waals surface area (Å²) in [4.78, 5) is 0. The Hall–Kier alpha value is -1.63. The summed E-state index contributed by atoms with van der Waals surface area (Å²) in [5, 5.41) is 9.41. The van der Waals surface area contributed by atoms with E-state index < -0.39 is 21.2 Å². The Morgan fingerprint density at radius 3 is 2.18 bits per heavy atom. The van der Waals surface area contributed by atoms with Crippen LogP contribution in [-0.2, 0) is 3.07 Å². The minimum atomic E-state index is -1.14. The highest BCUT2D eigenvalue weighted by atomic mass is 127. The predicted molar refractivity (Wildman–Crippen MR) is 75.8 cm³/mol. The maximum Gasteiger partial charge on any atom is 0.182 e. The Morgan fingerprint density at radius 2 is 1.59 bits per heavy atom. The molecule has 0 aromatic heterocycles. The quantitative estimate of drug-likeness (QED) is 0.445. The van der Waals surface area contributed by atoms with Gasteiger partial charge in [-0.1, -0.05) is 12.1 Å². The van der Waals surface area contributed by atoms with E-state index in [1.54, 1.807) is 18.2 Å². The zero-order valence-electron chi connectivity index (χ0n) is 8.85. The molecule has 0 aliphatic carbocycles. The van der Waals surface area contributed by atoms with Crippen molar-refractivity contribution >= 4 is 32.6 Å². The molecule has 0 radical (unpaired) electrons. The summed E-state index contributed by atoms with van der Waals surface area (Å²) in [6, 6.07) is 10.5. The van der Waals surface area contributed by atoms with Crippen LogP contribution >= 0.6 is 21.2 Å². The second kappa shape index (κ2) is 4.70. The number of phenolic OH excluding ortho intramolecular Hbond substituents is 1. The summed E-state index contributed by atoms with van der Waals surface area (Å²) in [5.41, 5.74) is 13.7. The van der Waals surface area contributed by atoms with Crippen molar-refractivity contribution in [3.63, 3.8) is 0 Å². The number of benzene rings is 2. The van der Waals surface area contributed by atoms with E-state index in [1.165, 1.54) is 6.07 Å². The van der Waals surface area contributed by atoms with Crippen LogP contribution < -0.4 is 11.5 Å². The molecule has 88 valence electrons. The van der Waals surface area contributed by atoms with Crippen LogP contribution in [0.2, 0.25) is 0 Å². The Balaban J connectivity index is 2.53. The molecule has 0 spiro atoms. The lowest BCUT2D eigenvalue weighted by Gasteiger charge is -2.09. The first-order valence-corrected chi connectivity index (χ1v) is 6.84. The van der Waals surface area contributed by atoms with Crippen LogP contribution in [0.1, 0.15) is 0 Å². The fourth-order valence-corrected chi connectivity index (χ4v) is 2.21. The van der Waals surface area contributed by atoms with Crippen LogP contribution in [0.3, 0.4) is 0 Å². The Kier molecular flexibility index (Phi) is 3.28. The van der Waals surface area contributed by atoms with E-state index in [9.17, 15) is 8.18 Å². The first-order chi connectivity index (χ1) is 8.13. The molecule has 0 saturated carbocycles. The van der Waals surface area contributed by atoms with Gasteiger partial charge >= 0.3 is 0 Å². The molecule has 0 saturated heterocycles. The van der Waals surface area contributed by atoms with E-state index in [2.05, 4.69) is 0 Å². The number of phenols is 1. The average molecular weight is 342 g/mol. The normalized spacial score (nSPS) is 10.4. The van der Waals surface area contributed by atoms with Crippen molar-refractivity contribution in [2.24, 2.45) is 0 Å². The lowest BCUT2D eigenvalue weighted by Crippen LogP contribution is -1.97. The first-order valence-electron chi connectivity index (χ1n) is 4.88. The van der Waals surface area contributed by atoms with Crippen LogP contribution in [0.25, 0.3) is 11.1 Å². The summed E-state index contributed by atoms with van der Waals surface area (Å²) in [6.45, 7) is 0. The van der Waals surface area contributed by atoms with Gasteiger partial charge in [0.1, 0.15) is 5.75 Å². The zero-order chi connectivity index (χ0) is 12.4. The molecular formula is C12H11IN2O2. The number of nitrogen functional groups attached to an aromatic ring is 2. The van der Waals surface area contributed by atoms with Crippen molar-refractivity contribution in [2.75, 3.05) is 11.5 Å². The number of hydrogen-bond acceptors (Lipinski definition) is 4. The van der Waals surface area contributed by atoms with E-state index in [4.69, 9.17) is 11.5 Å². The van der Waals surface area contributed by atoms with Gasteiger partial charge in [-0.3, -0.25) is 3.07 Å². The molecule has 0 bridgehead atoms. The molecule has 5 N–H and O–H groups in total. The highest BCUT2D eigenvalue weighted by molar-refractivity contribution is 14.1. The molecule has 0 amide bonds. The molecule has 0 fully saturated rings. The predicted octanol–water partition coefficient (Wildman–Crippen LogP) is 2.71. The van der Waals surface area contributed by atoms with Gasteiger partial charge < -0.3 is 16.6 Å². The fraction of sp³-hybridized carbons (Fsp3) is 0. The molecule has 17 heavy (non-hydrogen) atoms. The van der Waals surface area contributed by atoms with E-state index >= 15 is 0 Å². The first kappa shape index (κ1) is 11.8. The molecule has 0 heterocycles. The molecule has 2 rings (SSSR count). The third kappa shape index (κ3) is 2.23. The lowest BCUT2D eigenvalue weighted by molar-refractivity contribution is 0.478. The topological polar surface area (TPSA) is 89.3 Å². The standard InChI is InChI=1S/C12H11IN2O2/c14-11-9(5-6-10(16)12(11)15)7-1-3-8(13-17)4-2-7/h1-6,16H,14-15H2. The van der Waals surface area contributed by atoms with Gasteiger partial charge in [0.05, 0.1) is 11.4 Å². The molecular weight excluding hydrogens is 331 g/mol. The van der Waals surface area contributed by atoms with Crippen molar-refractivity contribution < 1.29 is 8.18 Å². The van der Waals surface area contributed by atoms with E-state index in [0.29, 0.717) is 5.69 Å². The van der Waals surface area contributed by atoms with E-state index in [-0.39, 0.29) is 11.4 Å². The number of rotatable bonds is 2. The molecule has 0 atom stereocenters. The minimum absolute atomic E-state index is 0.0201. The van der Waals surface area contributed by atoms with Crippen molar-refractivity contribution in [3.05, 3.63) is 40.0 Å². The van der Waals surface area contributed by atoms with Gasteiger partial charge in [-0.25, -0.2) is 0 Å². The molecule has 0 aliphatic rings. The molecule has 4 nitrogen and oxygen atoms in total. The highest BCUT2D eigenvalue weighted by Gasteiger charge is 2.08. The van der Waals surface area contributed by atoms with Gasteiger partial charge in [0.15, 0.2) is 21.2 Å². The minimum Gasteiger partial charge on any atom is -0.506 e. The van der Waals surface area contributed by atoms with Gasteiger partial charge in [0, 0.05) is 9.13 Å². The number of hydrogen-bond donors (Lipinski definition) is 3. The molecule has 2 aromatic rings. The van der Waals surface area contributed by atoms with Gasteiger partial charge in [-0.15, -0.1) is 0 Å².